The second-order valence-corrected chi connectivity index (χ2v) is 14.8. The number of nitro benzene ring substituents is 1. The Balaban J connectivity index is 1.64. The molecule has 0 saturated carbocycles. The van der Waals surface area contributed by atoms with Crippen LogP contribution < -0.4 is 10.2 Å². The maximum atomic E-state index is 12.8. The molecule has 3 rings (SSSR count). The molecule has 2 aromatic carbocycles. The third-order valence-corrected chi connectivity index (χ3v) is 10.0. The summed E-state index contributed by atoms with van der Waals surface area (Å²) in [5.41, 5.74) is 1.58. The van der Waals surface area contributed by atoms with Crippen LogP contribution in [0, 0.1) is 10.1 Å². The molecule has 0 fully saturated rings. The number of hydrogen-bond donors (Lipinski definition) is 2. The Labute approximate surface area is 266 Å². The van der Waals surface area contributed by atoms with Gasteiger partial charge >= 0.3 is 0 Å². The van der Waals surface area contributed by atoms with E-state index >= 15 is 0 Å². The van der Waals surface area contributed by atoms with Gasteiger partial charge in [0.15, 0.2) is 0 Å². The molecule has 0 aliphatic rings. The highest BCUT2D eigenvalue weighted by molar-refractivity contribution is 7.89. The van der Waals surface area contributed by atoms with Crippen molar-refractivity contribution in [2.45, 2.75) is 102 Å². The molecular weight excluding hydrogens is 617 g/mol. The van der Waals surface area contributed by atoms with Crippen molar-refractivity contribution in [1.82, 2.24) is 9.40 Å². The number of hydrogen-bond acceptors (Lipinski definition) is 7. The number of sulfonamides is 1. The predicted molar refractivity (Wildman–Crippen MR) is 178 cm³/mol. The van der Waals surface area contributed by atoms with Crippen LogP contribution in [0.3, 0.4) is 0 Å². The molecule has 2 N–H and O–H groups in total. The number of aromatic nitrogens is 1. The van der Waals surface area contributed by atoms with Crippen LogP contribution in [0.4, 0.5) is 5.69 Å². The number of pyridine rings is 1. The van der Waals surface area contributed by atoms with Crippen molar-refractivity contribution in [3.8, 4) is 11.3 Å². The van der Waals surface area contributed by atoms with Crippen LogP contribution in [0.2, 0.25) is 0 Å². The molecule has 0 spiro atoms. The van der Waals surface area contributed by atoms with E-state index in [0.29, 0.717) is 23.2 Å². The van der Waals surface area contributed by atoms with Crippen LogP contribution in [0.15, 0.2) is 58.5 Å². The molecule has 1 heterocycles. The fourth-order valence-corrected chi connectivity index (χ4v) is 6.80. The maximum Gasteiger partial charge on any atom is 0.294 e. The van der Waals surface area contributed by atoms with Gasteiger partial charge in [0.25, 0.3) is 15.8 Å². The van der Waals surface area contributed by atoms with Crippen molar-refractivity contribution in [3.05, 3.63) is 64.0 Å². The molecule has 248 valence electrons. The van der Waals surface area contributed by atoms with Crippen molar-refractivity contribution in [2.24, 2.45) is 12.1 Å². The van der Waals surface area contributed by atoms with Gasteiger partial charge < -0.3 is 4.57 Å². The third kappa shape index (κ3) is 11.5. The number of non-ortho nitro benzene ring substituents is 1. The Bertz CT molecular complexity index is 1700. The van der Waals surface area contributed by atoms with Gasteiger partial charge in [0, 0.05) is 24.6 Å². The number of rotatable bonds is 20. The van der Waals surface area contributed by atoms with Crippen LogP contribution in [0.5, 0.6) is 0 Å². The molecule has 45 heavy (non-hydrogen) atoms. The normalized spacial score (nSPS) is 12.6. The van der Waals surface area contributed by atoms with Crippen molar-refractivity contribution >= 4 is 36.7 Å². The molecule has 11 nitrogen and oxygen atoms in total. The van der Waals surface area contributed by atoms with Gasteiger partial charge in [0.05, 0.1) is 32.1 Å². The molecular formula is C32H46N4O7S2. The lowest BCUT2D eigenvalue weighted by Crippen LogP contribution is -2.25. The summed E-state index contributed by atoms with van der Waals surface area (Å²) in [7, 11) is -6.58. The van der Waals surface area contributed by atoms with Crippen molar-refractivity contribution in [1.29, 1.82) is 0 Å². The van der Waals surface area contributed by atoms with E-state index in [4.69, 9.17) is 0 Å². The van der Waals surface area contributed by atoms with Gasteiger partial charge in [-0.2, -0.15) is 13.5 Å². The molecule has 0 atom stereocenters. The second kappa shape index (κ2) is 17.4. The van der Waals surface area contributed by atoms with Crippen molar-refractivity contribution in [3.63, 3.8) is 0 Å². The van der Waals surface area contributed by atoms with Gasteiger partial charge in [-0.25, -0.2) is 13.2 Å². The van der Waals surface area contributed by atoms with E-state index in [1.807, 2.05) is 0 Å². The average molecular weight is 663 g/mol. The Morgan fingerprint density at radius 2 is 1.33 bits per heavy atom. The maximum absolute atomic E-state index is 12.8. The smallest absolute Gasteiger partial charge is 0.294 e. The Morgan fingerprint density at radius 1 is 0.800 bits per heavy atom. The molecule has 0 saturated heterocycles. The fraction of sp³-hybridized carbons (Fsp3) is 0.531. The Morgan fingerprint density at radius 3 is 1.84 bits per heavy atom. The van der Waals surface area contributed by atoms with E-state index in [1.165, 1.54) is 88.1 Å². The molecule has 1 aromatic heterocycles. The molecule has 3 aromatic rings. The van der Waals surface area contributed by atoms with Gasteiger partial charge in [0.1, 0.15) is 0 Å². The molecule has 0 bridgehead atoms. The highest BCUT2D eigenvalue weighted by Gasteiger charge is 2.15. The number of nitrogens with one attached hydrogen (secondary N) is 1. The topological polar surface area (TPSA) is 161 Å². The van der Waals surface area contributed by atoms with Crippen LogP contribution in [0.25, 0.3) is 22.2 Å². The summed E-state index contributed by atoms with van der Waals surface area (Å²) in [6.07, 6.45) is 16.2. The fourth-order valence-electron chi connectivity index (χ4n) is 5.38. The number of fused-ring (bicyclic) bond motifs is 1. The minimum absolute atomic E-state index is 0.0823. The largest absolute Gasteiger partial charge is 0.344 e. The number of aryl methyl sites for hydroxylation is 1. The molecule has 0 unspecified atom stereocenters. The van der Waals surface area contributed by atoms with E-state index in [9.17, 15) is 31.5 Å². The minimum Gasteiger partial charge on any atom is -0.344 e. The zero-order valence-corrected chi connectivity index (χ0v) is 27.9. The van der Waals surface area contributed by atoms with Gasteiger partial charge in [-0.05, 0) is 48.4 Å². The number of benzene rings is 2. The summed E-state index contributed by atoms with van der Waals surface area (Å²) >= 11 is 0. The number of nitrogens with zero attached hydrogens (tertiary/aromatic N) is 3. The molecule has 0 aliphatic heterocycles. The number of nitro groups is 1. The van der Waals surface area contributed by atoms with E-state index < -0.39 is 25.1 Å². The Hall–Kier alpha value is -3.29. The lowest BCUT2D eigenvalue weighted by molar-refractivity contribution is -0.384. The van der Waals surface area contributed by atoms with Crippen LogP contribution in [-0.2, 0) is 27.2 Å². The van der Waals surface area contributed by atoms with E-state index in [0.717, 1.165) is 25.7 Å². The molecule has 0 radical (unpaired) electrons. The third-order valence-electron chi connectivity index (χ3n) is 7.98. The highest BCUT2D eigenvalue weighted by atomic mass is 32.2. The summed E-state index contributed by atoms with van der Waals surface area (Å²) < 4.78 is 60.6. The van der Waals surface area contributed by atoms with Crippen molar-refractivity contribution in [2.75, 3.05) is 5.75 Å². The lowest BCUT2D eigenvalue weighted by Gasteiger charge is -2.14. The summed E-state index contributed by atoms with van der Waals surface area (Å²) in [4.78, 5) is 12.5. The summed E-state index contributed by atoms with van der Waals surface area (Å²) in [6, 6.07) is 11.4. The zero-order chi connectivity index (χ0) is 32.9. The average Bonchev–Trinajstić information content (AvgIpc) is 3.00. The standard InChI is InChI=1S/C32H46N4O7S2/c1-3-4-5-6-7-8-9-10-11-12-13-14-15-16-23-44(39,40)34-33-30-25-32(26-17-19-27(20-18-26)36(37)38)35(2)31-22-21-28(24-29(30)31)45(41,42)43/h17-22,24-25,34H,3-16,23H2,1-2H3,(H,41,42,43)/b33-30-. The zero-order valence-electron chi connectivity index (χ0n) is 26.3. The summed E-state index contributed by atoms with van der Waals surface area (Å²) in [6.45, 7) is 2.23. The first-order valence-electron chi connectivity index (χ1n) is 15.8. The number of unbranched alkanes of at least 4 members (excludes halogenated alkanes) is 13. The van der Waals surface area contributed by atoms with Gasteiger partial charge in [-0.1, -0.05) is 90.4 Å². The van der Waals surface area contributed by atoms with Crippen LogP contribution in [0.1, 0.15) is 96.8 Å². The van der Waals surface area contributed by atoms with Gasteiger partial charge in [-0.15, -0.1) is 0 Å². The van der Waals surface area contributed by atoms with Crippen LogP contribution >= 0.6 is 0 Å². The predicted octanol–water partition coefficient (Wildman–Crippen LogP) is 7.22. The van der Waals surface area contributed by atoms with Crippen LogP contribution in [-0.4, -0.2) is 36.6 Å². The SMILES string of the molecule is CCCCCCCCCCCCCCCCS(=O)(=O)N/N=c1/cc(-c2ccc([N+](=O)[O-])cc2)n(C)c2ccc(S(=O)(=O)O)cc12. The van der Waals surface area contributed by atoms with Gasteiger partial charge in [0.2, 0.25) is 10.0 Å². The highest BCUT2D eigenvalue weighted by Crippen LogP contribution is 2.25. The van der Waals surface area contributed by atoms with Crippen molar-refractivity contribution < 1.29 is 26.3 Å². The Kier molecular flexibility index (Phi) is 14.0. The van der Waals surface area contributed by atoms with E-state index in [2.05, 4.69) is 16.9 Å². The summed E-state index contributed by atoms with van der Waals surface area (Å²) in [5.74, 6) is -0.0987. The monoisotopic (exact) mass is 662 g/mol. The summed E-state index contributed by atoms with van der Waals surface area (Å²) in [5, 5.41) is 15.7. The minimum atomic E-state index is -4.53. The molecule has 13 heteroatoms. The first-order valence-corrected chi connectivity index (χ1v) is 18.9. The molecule has 0 aliphatic carbocycles. The lowest BCUT2D eigenvalue weighted by atomic mass is 10.0. The molecule has 0 amide bonds. The van der Waals surface area contributed by atoms with Gasteiger partial charge in [-0.3, -0.25) is 14.7 Å². The van der Waals surface area contributed by atoms with E-state index in [1.54, 1.807) is 29.8 Å². The second-order valence-electron chi connectivity index (χ2n) is 11.5. The quantitative estimate of drug-likeness (QED) is 0.0559. The first kappa shape index (κ1) is 36.2. The van der Waals surface area contributed by atoms with E-state index in [-0.39, 0.29) is 27.1 Å². The first-order chi connectivity index (χ1) is 21.4.